The molecular weight excluding hydrogens is 226 g/mol. The van der Waals surface area contributed by atoms with Gasteiger partial charge in [0.15, 0.2) is 0 Å². The van der Waals surface area contributed by atoms with E-state index in [0.717, 1.165) is 24.5 Å². The van der Waals surface area contributed by atoms with E-state index in [-0.39, 0.29) is 11.9 Å². The lowest BCUT2D eigenvalue weighted by Gasteiger charge is -2.27. The lowest BCUT2D eigenvalue weighted by Crippen LogP contribution is -2.25. The molecule has 1 saturated carbocycles. The summed E-state index contributed by atoms with van der Waals surface area (Å²) in [7, 11) is 0. The van der Waals surface area contributed by atoms with Gasteiger partial charge in [-0.2, -0.15) is 0 Å². The predicted molar refractivity (Wildman–Crippen MR) is 72.0 cm³/mol. The van der Waals surface area contributed by atoms with E-state index in [1.165, 1.54) is 12.8 Å². The van der Waals surface area contributed by atoms with E-state index >= 15 is 0 Å². The van der Waals surface area contributed by atoms with Crippen molar-refractivity contribution in [1.82, 2.24) is 4.98 Å². The van der Waals surface area contributed by atoms with Crippen LogP contribution in [0, 0.1) is 18.3 Å². The fourth-order valence-electron chi connectivity index (χ4n) is 2.33. The van der Waals surface area contributed by atoms with Crippen LogP contribution in [0.5, 0.6) is 5.88 Å². The number of nitrogens with zero attached hydrogens (tertiary/aromatic N) is 1. The van der Waals surface area contributed by atoms with E-state index < -0.39 is 0 Å². The van der Waals surface area contributed by atoms with Crippen molar-refractivity contribution in [1.29, 1.82) is 5.41 Å². The van der Waals surface area contributed by atoms with E-state index in [2.05, 4.69) is 11.9 Å². The molecule has 0 aromatic carbocycles. The minimum absolute atomic E-state index is 0.0154. The maximum Gasteiger partial charge on any atom is 0.225 e. The number of aromatic nitrogens is 1. The van der Waals surface area contributed by atoms with Crippen LogP contribution in [0.3, 0.4) is 0 Å². The monoisotopic (exact) mass is 247 g/mol. The summed E-state index contributed by atoms with van der Waals surface area (Å²) in [6.45, 7) is 4.20. The van der Waals surface area contributed by atoms with Gasteiger partial charge in [0.05, 0.1) is 5.56 Å². The number of rotatable bonds is 3. The first-order chi connectivity index (χ1) is 8.56. The summed E-state index contributed by atoms with van der Waals surface area (Å²) in [5, 5.41) is 7.55. The molecule has 1 aromatic heterocycles. The summed E-state index contributed by atoms with van der Waals surface area (Å²) >= 11 is 0. The molecule has 0 radical (unpaired) electrons. The molecule has 4 heteroatoms. The molecular formula is C14H21N3O. The van der Waals surface area contributed by atoms with Crippen molar-refractivity contribution in [3.63, 3.8) is 0 Å². The van der Waals surface area contributed by atoms with Crippen LogP contribution in [0.1, 0.15) is 43.9 Å². The number of nitrogens with two attached hydrogens (primary N) is 1. The highest BCUT2D eigenvalue weighted by Gasteiger charge is 2.21. The molecule has 1 aromatic rings. The summed E-state index contributed by atoms with van der Waals surface area (Å²) in [5.41, 5.74) is 7.04. The van der Waals surface area contributed by atoms with E-state index in [4.69, 9.17) is 15.9 Å². The third-order valence-electron chi connectivity index (χ3n) is 3.53. The average Bonchev–Trinajstić information content (AvgIpc) is 2.32. The normalized spacial score (nSPS) is 23.7. The van der Waals surface area contributed by atoms with Gasteiger partial charge in [0.2, 0.25) is 5.88 Å². The van der Waals surface area contributed by atoms with Crippen molar-refractivity contribution in [2.75, 3.05) is 0 Å². The first-order valence-corrected chi connectivity index (χ1v) is 6.55. The Morgan fingerprint density at radius 2 is 2.00 bits per heavy atom. The van der Waals surface area contributed by atoms with Gasteiger partial charge in [0.25, 0.3) is 0 Å². The molecule has 0 atom stereocenters. The van der Waals surface area contributed by atoms with Gasteiger partial charge >= 0.3 is 0 Å². The molecule has 1 aliphatic rings. The number of nitrogen functional groups attached to an aromatic ring is 1. The SMILES string of the molecule is Cc1ccc(C(=N)N)c(OC2CCC(C)CC2)n1. The number of hydrogen-bond donors (Lipinski definition) is 2. The van der Waals surface area contributed by atoms with Crippen LogP contribution in [0.2, 0.25) is 0 Å². The third kappa shape index (κ3) is 3.00. The second kappa shape index (κ2) is 5.38. The summed E-state index contributed by atoms with van der Waals surface area (Å²) in [4.78, 5) is 4.36. The van der Waals surface area contributed by atoms with Gasteiger partial charge in [0.1, 0.15) is 11.9 Å². The molecule has 0 spiro atoms. The standard InChI is InChI=1S/C14H21N3O/c1-9-3-6-11(7-4-9)18-14-12(13(15)16)8-5-10(2)17-14/h5,8-9,11H,3-4,6-7H2,1-2H3,(H3,15,16). The number of hydrogen-bond acceptors (Lipinski definition) is 3. The minimum atomic E-state index is 0.0154. The van der Waals surface area contributed by atoms with Crippen LogP contribution in [0.4, 0.5) is 0 Å². The second-order valence-electron chi connectivity index (χ2n) is 5.22. The maximum atomic E-state index is 7.55. The zero-order valence-electron chi connectivity index (χ0n) is 11.1. The highest BCUT2D eigenvalue weighted by Crippen LogP contribution is 2.27. The van der Waals surface area contributed by atoms with Gasteiger partial charge in [-0.25, -0.2) is 4.98 Å². The quantitative estimate of drug-likeness (QED) is 0.637. The Morgan fingerprint density at radius 3 is 2.61 bits per heavy atom. The lowest BCUT2D eigenvalue weighted by molar-refractivity contribution is 0.129. The molecule has 0 unspecified atom stereocenters. The Bertz CT molecular complexity index is 437. The zero-order chi connectivity index (χ0) is 13.1. The Kier molecular flexibility index (Phi) is 3.84. The number of amidine groups is 1. The van der Waals surface area contributed by atoms with Crippen LogP contribution >= 0.6 is 0 Å². The Morgan fingerprint density at radius 1 is 1.33 bits per heavy atom. The maximum absolute atomic E-state index is 7.55. The average molecular weight is 247 g/mol. The first-order valence-electron chi connectivity index (χ1n) is 6.55. The molecule has 1 heterocycles. The van der Waals surface area contributed by atoms with Crippen molar-refractivity contribution >= 4 is 5.84 Å². The number of pyridine rings is 1. The number of aryl methyl sites for hydroxylation is 1. The molecule has 1 fully saturated rings. The Hall–Kier alpha value is -1.58. The topological polar surface area (TPSA) is 72.0 Å². The number of ether oxygens (including phenoxy) is 1. The molecule has 0 amide bonds. The number of nitrogens with one attached hydrogen (secondary N) is 1. The summed E-state index contributed by atoms with van der Waals surface area (Å²) in [6, 6.07) is 3.66. The van der Waals surface area contributed by atoms with E-state index in [9.17, 15) is 0 Å². The van der Waals surface area contributed by atoms with E-state index in [1.54, 1.807) is 0 Å². The van der Waals surface area contributed by atoms with Crippen LogP contribution in [-0.4, -0.2) is 16.9 Å². The molecule has 0 saturated heterocycles. The van der Waals surface area contributed by atoms with Crippen molar-refractivity contribution in [3.8, 4) is 5.88 Å². The Labute approximate surface area is 108 Å². The second-order valence-corrected chi connectivity index (χ2v) is 5.22. The Balaban J connectivity index is 2.12. The molecule has 4 nitrogen and oxygen atoms in total. The smallest absolute Gasteiger partial charge is 0.225 e. The van der Waals surface area contributed by atoms with Gasteiger partial charge in [0, 0.05) is 5.69 Å². The van der Waals surface area contributed by atoms with Crippen molar-refractivity contribution in [2.45, 2.75) is 45.6 Å². The lowest BCUT2D eigenvalue weighted by atomic mass is 9.89. The molecule has 98 valence electrons. The molecule has 0 bridgehead atoms. The fraction of sp³-hybridized carbons (Fsp3) is 0.571. The van der Waals surface area contributed by atoms with Gasteiger partial charge in [-0.05, 0) is 50.7 Å². The third-order valence-corrected chi connectivity index (χ3v) is 3.53. The van der Waals surface area contributed by atoms with Gasteiger partial charge in [-0.15, -0.1) is 0 Å². The van der Waals surface area contributed by atoms with Crippen LogP contribution < -0.4 is 10.5 Å². The van der Waals surface area contributed by atoms with Crippen molar-refractivity contribution in [2.24, 2.45) is 11.7 Å². The van der Waals surface area contributed by atoms with Crippen molar-refractivity contribution < 1.29 is 4.74 Å². The molecule has 1 aliphatic carbocycles. The van der Waals surface area contributed by atoms with E-state index in [0.29, 0.717) is 11.4 Å². The fourth-order valence-corrected chi connectivity index (χ4v) is 2.33. The summed E-state index contributed by atoms with van der Waals surface area (Å²) < 4.78 is 5.94. The van der Waals surface area contributed by atoms with Gasteiger partial charge in [-0.1, -0.05) is 6.92 Å². The zero-order valence-corrected chi connectivity index (χ0v) is 11.1. The summed E-state index contributed by atoms with van der Waals surface area (Å²) in [6.07, 6.45) is 4.74. The summed E-state index contributed by atoms with van der Waals surface area (Å²) in [5.74, 6) is 1.33. The molecule has 3 N–H and O–H groups in total. The molecule has 2 rings (SSSR count). The van der Waals surface area contributed by atoms with Gasteiger partial charge in [-0.3, -0.25) is 5.41 Å². The van der Waals surface area contributed by atoms with Gasteiger partial charge < -0.3 is 10.5 Å². The first kappa shape index (κ1) is 12.9. The predicted octanol–water partition coefficient (Wildman–Crippen LogP) is 2.63. The van der Waals surface area contributed by atoms with Crippen LogP contribution in [0.15, 0.2) is 12.1 Å². The van der Waals surface area contributed by atoms with E-state index in [1.807, 2.05) is 19.1 Å². The molecule has 18 heavy (non-hydrogen) atoms. The largest absolute Gasteiger partial charge is 0.474 e. The highest BCUT2D eigenvalue weighted by atomic mass is 16.5. The van der Waals surface area contributed by atoms with Crippen molar-refractivity contribution in [3.05, 3.63) is 23.4 Å². The van der Waals surface area contributed by atoms with Crippen LogP contribution in [-0.2, 0) is 0 Å². The van der Waals surface area contributed by atoms with Crippen LogP contribution in [0.25, 0.3) is 0 Å². The molecule has 0 aliphatic heterocycles. The minimum Gasteiger partial charge on any atom is -0.474 e. The highest BCUT2D eigenvalue weighted by molar-refractivity contribution is 5.97.